The van der Waals surface area contributed by atoms with Gasteiger partial charge in [-0.15, -0.1) is 0 Å². The molecule has 0 saturated carbocycles. The maximum atomic E-state index is 12.0. The smallest absolute Gasteiger partial charge is 0.412 e. The first-order valence-corrected chi connectivity index (χ1v) is 8.04. The summed E-state index contributed by atoms with van der Waals surface area (Å²) in [6, 6.07) is 11.7. The average molecular weight is 315 g/mol. The maximum Gasteiger partial charge on any atom is 0.412 e. The highest BCUT2D eigenvalue weighted by atomic mass is 16.6. The number of carbonyl (C=O) groups excluding carboxylic acids is 1. The van der Waals surface area contributed by atoms with Crippen LogP contribution in [0.15, 0.2) is 36.4 Å². The molecule has 0 bridgehead atoms. The standard InChI is InChI=1S/C19H25NO3/c1-5-6-12-22-15-11-10-14-8-7-9-17(16(14)13-15)20-18(21)23-19(2,3)4/h7-11,13H,5-6,12H2,1-4H3,(H,20,21). The van der Waals surface area contributed by atoms with Crippen LogP contribution < -0.4 is 10.1 Å². The molecule has 1 amide bonds. The fourth-order valence-corrected chi connectivity index (χ4v) is 2.20. The molecule has 4 nitrogen and oxygen atoms in total. The normalized spacial score (nSPS) is 11.3. The molecule has 0 aliphatic heterocycles. The summed E-state index contributed by atoms with van der Waals surface area (Å²) in [5.74, 6) is 0.810. The topological polar surface area (TPSA) is 47.6 Å². The van der Waals surface area contributed by atoms with Crippen LogP contribution in [-0.4, -0.2) is 18.3 Å². The van der Waals surface area contributed by atoms with Crippen molar-refractivity contribution in [2.45, 2.75) is 46.1 Å². The van der Waals surface area contributed by atoms with Gasteiger partial charge in [0, 0.05) is 5.39 Å². The molecule has 0 aliphatic rings. The third kappa shape index (κ3) is 5.16. The Labute approximate surface area is 137 Å². The summed E-state index contributed by atoms with van der Waals surface area (Å²) >= 11 is 0. The number of carbonyl (C=O) groups is 1. The van der Waals surface area contributed by atoms with Gasteiger partial charge in [-0.05, 0) is 50.8 Å². The third-order valence-electron chi connectivity index (χ3n) is 3.26. The van der Waals surface area contributed by atoms with Crippen molar-refractivity contribution < 1.29 is 14.3 Å². The molecule has 23 heavy (non-hydrogen) atoms. The lowest BCUT2D eigenvalue weighted by Crippen LogP contribution is -2.27. The summed E-state index contributed by atoms with van der Waals surface area (Å²) in [5.41, 5.74) is 0.195. The second-order valence-corrected chi connectivity index (χ2v) is 6.52. The van der Waals surface area contributed by atoms with Gasteiger partial charge in [0.15, 0.2) is 0 Å². The van der Waals surface area contributed by atoms with Gasteiger partial charge in [0.05, 0.1) is 12.3 Å². The number of benzene rings is 2. The molecule has 0 spiro atoms. The summed E-state index contributed by atoms with van der Waals surface area (Å²) in [5, 5.41) is 4.80. The number of rotatable bonds is 5. The van der Waals surface area contributed by atoms with E-state index in [-0.39, 0.29) is 0 Å². The first-order valence-electron chi connectivity index (χ1n) is 8.04. The highest BCUT2D eigenvalue weighted by Gasteiger charge is 2.17. The van der Waals surface area contributed by atoms with E-state index in [4.69, 9.17) is 9.47 Å². The Hall–Kier alpha value is -2.23. The zero-order chi connectivity index (χ0) is 16.9. The summed E-state index contributed by atoms with van der Waals surface area (Å²) < 4.78 is 11.1. The van der Waals surface area contributed by atoms with Crippen molar-refractivity contribution in [2.75, 3.05) is 11.9 Å². The molecular formula is C19H25NO3. The molecule has 4 heteroatoms. The van der Waals surface area contributed by atoms with Crippen molar-refractivity contribution in [1.82, 2.24) is 0 Å². The lowest BCUT2D eigenvalue weighted by Gasteiger charge is -2.20. The van der Waals surface area contributed by atoms with Crippen LogP contribution in [0.3, 0.4) is 0 Å². The number of hydrogen-bond acceptors (Lipinski definition) is 3. The van der Waals surface area contributed by atoms with Crippen molar-refractivity contribution in [3.05, 3.63) is 36.4 Å². The minimum absolute atomic E-state index is 0.456. The largest absolute Gasteiger partial charge is 0.494 e. The summed E-state index contributed by atoms with van der Waals surface area (Å²) in [4.78, 5) is 12.0. The number of unbranched alkanes of at least 4 members (excludes halogenated alkanes) is 1. The Morgan fingerprint density at radius 3 is 2.65 bits per heavy atom. The second-order valence-electron chi connectivity index (χ2n) is 6.52. The summed E-state index contributed by atoms with van der Waals surface area (Å²) in [7, 11) is 0. The van der Waals surface area contributed by atoms with Crippen LogP contribution >= 0.6 is 0 Å². The van der Waals surface area contributed by atoms with Crippen LogP contribution in [0.25, 0.3) is 10.8 Å². The van der Waals surface area contributed by atoms with E-state index in [9.17, 15) is 4.79 Å². The van der Waals surface area contributed by atoms with Crippen molar-refractivity contribution in [1.29, 1.82) is 0 Å². The first-order chi connectivity index (χ1) is 10.9. The van der Waals surface area contributed by atoms with Gasteiger partial charge in [-0.25, -0.2) is 4.79 Å². The van der Waals surface area contributed by atoms with Gasteiger partial charge in [-0.1, -0.05) is 31.5 Å². The number of amides is 1. The van der Waals surface area contributed by atoms with Crippen LogP contribution in [0, 0.1) is 0 Å². The Bertz CT molecular complexity index is 674. The Morgan fingerprint density at radius 1 is 1.17 bits per heavy atom. The molecule has 0 atom stereocenters. The molecule has 0 radical (unpaired) electrons. The lowest BCUT2D eigenvalue weighted by atomic mass is 10.1. The van der Waals surface area contributed by atoms with Crippen LogP contribution in [-0.2, 0) is 4.74 Å². The average Bonchev–Trinajstić information content (AvgIpc) is 2.46. The number of hydrogen-bond donors (Lipinski definition) is 1. The molecule has 0 fully saturated rings. The highest BCUT2D eigenvalue weighted by Crippen LogP contribution is 2.28. The van der Waals surface area contributed by atoms with E-state index >= 15 is 0 Å². The molecule has 1 N–H and O–H groups in total. The Kier molecular flexibility index (Phi) is 5.48. The van der Waals surface area contributed by atoms with Gasteiger partial charge in [-0.2, -0.15) is 0 Å². The van der Waals surface area contributed by atoms with Crippen LogP contribution in [0.5, 0.6) is 5.75 Å². The quantitative estimate of drug-likeness (QED) is 0.755. The number of fused-ring (bicyclic) bond motifs is 1. The van der Waals surface area contributed by atoms with Crippen molar-refractivity contribution in [2.24, 2.45) is 0 Å². The lowest BCUT2D eigenvalue weighted by molar-refractivity contribution is 0.0636. The second kappa shape index (κ2) is 7.36. The van der Waals surface area contributed by atoms with Crippen LogP contribution in [0.1, 0.15) is 40.5 Å². The molecule has 0 heterocycles. The Morgan fingerprint density at radius 2 is 1.96 bits per heavy atom. The molecule has 0 aliphatic carbocycles. The van der Waals surface area contributed by atoms with Crippen molar-refractivity contribution in [3.8, 4) is 5.75 Å². The van der Waals surface area contributed by atoms with Gasteiger partial charge < -0.3 is 9.47 Å². The molecule has 2 aromatic carbocycles. The van der Waals surface area contributed by atoms with Gasteiger partial charge in [0.2, 0.25) is 0 Å². The van der Waals surface area contributed by atoms with E-state index in [1.165, 1.54) is 0 Å². The summed E-state index contributed by atoms with van der Waals surface area (Å²) in [6.07, 6.45) is 1.66. The van der Waals surface area contributed by atoms with E-state index in [0.717, 1.165) is 35.1 Å². The monoisotopic (exact) mass is 315 g/mol. The van der Waals surface area contributed by atoms with E-state index in [1.807, 2.05) is 57.2 Å². The Balaban J connectivity index is 2.21. The molecule has 2 rings (SSSR count). The minimum Gasteiger partial charge on any atom is -0.494 e. The van der Waals surface area contributed by atoms with Gasteiger partial charge in [-0.3, -0.25) is 5.32 Å². The van der Waals surface area contributed by atoms with Crippen molar-refractivity contribution in [3.63, 3.8) is 0 Å². The van der Waals surface area contributed by atoms with Crippen LogP contribution in [0.4, 0.5) is 10.5 Å². The molecule has 2 aromatic rings. The predicted octanol–water partition coefficient (Wildman–Crippen LogP) is 5.37. The minimum atomic E-state index is -0.525. The molecular weight excluding hydrogens is 290 g/mol. The van der Waals surface area contributed by atoms with E-state index < -0.39 is 11.7 Å². The van der Waals surface area contributed by atoms with E-state index in [2.05, 4.69) is 12.2 Å². The van der Waals surface area contributed by atoms with Gasteiger partial charge >= 0.3 is 6.09 Å². The maximum absolute atomic E-state index is 12.0. The number of nitrogens with one attached hydrogen (secondary N) is 1. The molecule has 0 saturated heterocycles. The predicted molar refractivity (Wildman–Crippen MR) is 94.2 cm³/mol. The first kappa shape index (κ1) is 17.1. The van der Waals surface area contributed by atoms with E-state index in [1.54, 1.807) is 0 Å². The summed E-state index contributed by atoms with van der Waals surface area (Å²) in [6.45, 7) is 8.36. The number of anilines is 1. The molecule has 0 aromatic heterocycles. The van der Waals surface area contributed by atoms with Crippen molar-refractivity contribution >= 4 is 22.6 Å². The van der Waals surface area contributed by atoms with Gasteiger partial charge in [0.25, 0.3) is 0 Å². The molecule has 124 valence electrons. The van der Waals surface area contributed by atoms with E-state index in [0.29, 0.717) is 6.61 Å². The zero-order valence-electron chi connectivity index (χ0n) is 14.3. The fourth-order valence-electron chi connectivity index (χ4n) is 2.20. The zero-order valence-corrected chi connectivity index (χ0v) is 14.3. The SMILES string of the molecule is CCCCOc1ccc2cccc(NC(=O)OC(C)(C)C)c2c1. The van der Waals surface area contributed by atoms with Gasteiger partial charge in [0.1, 0.15) is 11.4 Å². The third-order valence-corrected chi connectivity index (χ3v) is 3.26. The molecule has 0 unspecified atom stereocenters. The van der Waals surface area contributed by atoms with Crippen LogP contribution in [0.2, 0.25) is 0 Å². The number of ether oxygens (including phenoxy) is 2. The fraction of sp³-hybridized carbons (Fsp3) is 0.421. The highest BCUT2D eigenvalue weighted by molar-refractivity contribution is 6.00.